The van der Waals surface area contributed by atoms with Crippen molar-refractivity contribution in [1.29, 1.82) is 5.26 Å². The Morgan fingerprint density at radius 3 is 2.73 bits per heavy atom. The van der Waals surface area contributed by atoms with Gasteiger partial charge in [0.1, 0.15) is 17.5 Å². The number of rotatable bonds is 4. The molecule has 1 aromatic heterocycles. The standard InChI is InChI=1S/C24H22N4O2/c1-17-5-4-7-21(13-17)26-24(29)20(16-25)15-19-14-18-6-2-3-8-22(18)27-23(19)28-9-11-30-12-10-28/h2-8,13-15H,9-12H2,1H3,(H,26,29)/b20-15+. The number of hydrogen-bond acceptors (Lipinski definition) is 5. The quantitative estimate of drug-likeness (QED) is 0.532. The van der Waals surface area contributed by atoms with Gasteiger partial charge < -0.3 is 15.0 Å². The molecule has 1 aliphatic heterocycles. The van der Waals surface area contributed by atoms with Crippen molar-refractivity contribution < 1.29 is 9.53 Å². The van der Waals surface area contributed by atoms with E-state index in [0.29, 0.717) is 32.0 Å². The molecule has 150 valence electrons. The normalized spacial score (nSPS) is 14.4. The van der Waals surface area contributed by atoms with E-state index in [1.54, 1.807) is 12.1 Å². The summed E-state index contributed by atoms with van der Waals surface area (Å²) in [6.07, 6.45) is 1.62. The fourth-order valence-electron chi connectivity index (χ4n) is 3.48. The molecule has 1 aliphatic rings. The van der Waals surface area contributed by atoms with Crippen molar-refractivity contribution in [3.63, 3.8) is 0 Å². The number of nitrogens with zero attached hydrogens (tertiary/aromatic N) is 3. The van der Waals surface area contributed by atoms with E-state index in [1.807, 2.05) is 61.5 Å². The lowest BCUT2D eigenvalue weighted by Gasteiger charge is -2.29. The molecule has 30 heavy (non-hydrogen) atoms. The maximum absolute atomic E-state index is 12.8. The van der Waals surface area contributed by atoms with Crippen LogP contribution in [0.1, 0.15) is 11.1 Å². The predicted molar refractivity (Wildman–Crippen MR) is 118 cm³/mol. The Kier molecular flexibility index (Phi) is 5.73. The van der Waals surface area contributed by atoms with Gasteiger partial charge >= 0.3 is 0 Å². The van der Waals surface area contributed by atoms with Crippen molar-refractivity contribution in [3.8, 4) is 6.07 Å². The monoisotopic (exact) mass is 398 g/mol. The zero-order valence-electron chi connectivity index (χ0n) is 16.8. The molecule has 6 nitrogen and oxygen atoms in total. The highest BCUT2D eigenvalue weighted by molar-refractivity contribution is 6.10. The fraction of sp³-hybridized carbons (Fsp3) is 0.208. The molecule has 4 rings (SSSR count). The number of carbonyl (C=O) groups excluding carboxylic acids is 1. The minimum Gasteiger partial charge on any atom is -0.378 e. The zero-order valence-corrected chi connectivity index (χ0v) is 16.8. The van der Waals surface area contributed by atoms with E-state index < -0.39 is 5.91 Å². The lowest BCUT2D eigenvalue weighted by atomic mass is 10.1. The summed E-state index contributed by atoms with van der Waals surface area (Å²) in [7, 11) is 0. The number of para-hydroxylation sites is 1. The minimum atomic E-state index is -0.441. The fourth-order valence-corrected chi connectivity index (χ4v) is 3.48. The number of morpholine rings is 1. The van der Waals surface area contributed by atoms with Crippen molar-refractivity contribution in [2.75, 3.05) is 36.5 Å². The van der Waals surface area contributed by atoms with Gasteiger partial charge in [-0.1, -0.05) is 30.3 Å². The Balaban J connectivity index is 1.72. The smallest absolute Gasteiger partial charge is 0.266 e. The van der Waals surface area contributed by atoms with Crippen LogP contribution in [0.5, 0.6) is 0 Å². The van der Waals surface area contributed by atoms with E-state index in [0.717, 1.165) is 27.8 Å². The molecule has 0 unspecified atom stereocenters. The summed E-state index contributed by atoms with van der Waals surface area (Å²) in [4.78, 5) is 19.7. The van der Waals surface area contributed by atoms with Crippen LogP contribution >= 0.6 is 0 Å². The number of pyridine rings is 1. The lowest BCUT2D eigenvalue weighted by molar-refractivity contribution is -0.112. The van der Waals surface area contributed by atoms with Crippen LogP contribution in [0.2, 0.25) is 0 Å². The summed E-state index contributed by atoms with van der Waals surface area (Å²) in [6.45, 7) is 4.62. The van der Waals surface area contributed by atoms with Crippen LogP contribution in [-0.2, 0) is 9.53 Å². The first-order chi connectivity index (χ1) is 14.6. The Labute approximate surface area is 175 Å². The van der Waals surface area contributed by atoms with Crippen LogP contribution in [0, 0.1) is 18.3 Å². The molecule has 1 amide bonds. The second-order valence-corrected chi connectivity index (χ2v) is 7.19. The number of nitriles is 1. The third kappa shape index (κ3) is 4.32. The molecule has 1 N–H and O–H groups in total. The molecule has 2 heterocycles. The summed E-state index contributed by atoms with van der Waals surface area (Å²) < 4.78 is 5.46. The number of amides is 1. The minimum absolute atomic E-state index is 0.0306. The van der Waals surface area contributed by atoms with Crippen molar-refractivity contribution in [2.24, 2.45) is 0 Å². The number of hydrogen-bond donors (Lipinski definition) is 1. The average Bonchev–Trinajstić information content (AvgIpc) is 2.77. The van der Waals surface area contributed by atoms with Crippen LogP contribution in [0.25, 0.3) is 17.0 Å². The van der Waals surface area contributed by atoms with Gasteiger partial charge in [-0.2, -0.15) is 5.26 Å². The molecular formula is C24H22N4O2. The van der Waals surface area contributed by atoms with Crippen molar-refractivity contribution in [2.45, 2.75) is 6.92 Å². The maximum atomic E-state index is 12.8. The molecule has 0 atom stereocenters. The summed E-state index contributed by atoms with van der Waals surface area (Å²) in [6, 6.07) is 19.3. The SMILES string of the molecule is Cc1cccc(NC(=O)/C(C#N)=C/c2cc3ccccc3nc2N2CCOCC2)c1. The number of aryl methyl sites for hydroxylation is 1. The number of benzene rings is 2. The van der Waals surface area contributed by atoms with Crippen LogP contribution in [-0.4, -0.2) is 37.2 Å². The zero-order chi connectivity index (χ0) is 20.9. The van der Waals surface area contributed by atoms with E-state index >= 15 is 0 Å². The summed E-state index contributed by atoms with van der Waals surface area (Å²) in [5.41, 5.74) is 3.34. The lowest BCUT2D eigenvalue weighted by Crippen LogP contribution is -2.37. The van der Waals surface area contributed by atoms with E-state index in [-0.39, 0.29) is 5.57 Å². The average molecular weight is 398 g/mol. The first-order valence-corrected chi connectivity index (χ1v) is 9.86. The molecule has 0 bridgehead atoms. The van der Waals surface area contributed by atoms with Gasteiger partial charge in [0.15, 0.2) is 0 Å². The largest absolute Gasteiger partial charge is 0.378 e. The van der Waals surface area contributed by atoms with Crippen LogP contribution < -0.4 is 10.2 Å². The molecule has 0 aliphatic carbocycles. The highest BCUT2D eigenvalue weighted by atomic mass is 16.5. The second-order valence-electron chi connectivity index (χ2n) is 7.19. The van der Waals surface area contributed by atoms with Crippen LogP contribution in [0.4, 0.5) is 11.5 Å². The molecular weight excluding hydrogens is 376 g/mol. The van der Waals surface area contributed by atoms with E-state index in [9.17, 15) is 10.1 Å². The highest BCUT2D eigenvalue weighted by Gasteiger charge is 2.18. The molecule has 1 fully saturated rings. The Hall–Kier alpha value is -3.69. The molecule has 0 saturated carbocycles. The van der Waals surface area contributed by atoms with Crippen molar-refractivity contribution in [1.82, 2.24) is 4.98 Å². The van der Waals surface area contributed by atoms with E-state index in [1.165, 1.54) is 0 Å². The summed E-state index contributed by atoms with van der Waals surface area (Å²) in [5, 5.41) is 13.4. The molecule has 1 saturated heterocycles. The van der Waals surface area contributed by atoms with Gasteiger partial charge in [-0.3, -0.25) is 4.79 Å². The molecule has 0 radical (unpaired) electrons. The number of carbonyl (C=O) groups is 1. The number of nitrogens with one attached hydrogen (secondary N) is 1. The third-order valence-corrected chi connectivity index (χ3v) is 4.98. The first-order valence-electron chi connectivity index (χ1n) is 9.86. The van der Waals surface area contributed by atoms with Gasteiger partial charge in [0, 0.05) is 29.7 Å². The van der Waals surface area contributed by atoms with Gasteiger partial charge in [0.05, 0.1) is 18.7 Å². The van der Waals surface area contributed by atoms with Gasteiger partial charge in [-0.15, -0.1) is 0 Å². The van der Waals surface area contributed by atoms with Crippen LogP contribution in [0.15, 0.2) is 60.2 Å². The highest BCUT2D eigenvalue weighted by Crippen LogP contribution is 2.27. The Morgan fingerprint density at radius 2 is 1.97 bits per heavy atom. The topological polar surface area (TPSA) is 78.2 Å². The summed E-state index contributed by atoms with van der Waals surface area (Å²) >= 11 is 0. The van der Waals surface area contributed by atoms with Gasteiger partial charge in [-0.25, -0.2) is 4.98 Å². The molecule has 3 aromatic rings. The molecule has 0 spiro atoms. The molecule has 6 heteroatoms. The second kappa shape index (κ2) is 8.76. The van der Waals surface area contributed by atoms with Crippen molar-refractivity contribution in [3.05, 3.63) is 71.3 Å². The maximum Gasteiger partial charge on any atom is 0.266 e. The number of anilines is 2. The van der Waals surface area contributed by atoms with Crippen molar-refractivity contribution >= 4 is 34.4 Å². The number of fused-ring (bicyclic) bond motifs is 1. The summed E-state index contributed by atoms with van der Waals surface area (Å²) in [5.74, 6) is 0.317. The van der Waals surface area contributed by atoms with Gasteiger partial charge in [-0.05, 0) is 42.8 Å². The van der Waals surface area contributed by atoms with E-state index in [4.69, 9.17) is 9.72 Å². The number of aromatic nitrogens is 1. The third-order valence-electron chi connectivity index (χ3n) is 4.98. The van der Waals surface area contributed by atoms with Crippen LogP contribution in [0.3, 0.4) is 0 Å². The Bertz CT molecular complexity index is 1160. The Morgan fingerprint density at radius 1 is 1.17 bits per heavy atom. The number of ether oxygens (including phenoxy) is 1. The first kappa shape index (κ1) is 19.6. The van der Waals surface area contributed by atoms with E-state index in [2.05, 4.69) is 10.2 Å². The van der Waals surface area contributed by atoms with Gasteiger partial charge in [0.2, 0.25) is 0 Å². The van der Waals surface area contributed by atoms with Gasteiger partial charge in [0.25, 0.3) is 5.91 Å². The molecule has 2 aromatic carbocycles. The predicted octanol–water partition coefficient (Wildman–Crippen LogP) is 3.93.